The Morgan fingerprint density at radius 2 is 1.76 bits per heavy atom. The van der Waals surface area contributed by atoms with Crippen LogP contribution in [-0.4, -0.2) is 33.9 Å². The number of anilines is 2. The van der Waals surface area contributed by atoms with Gasteiger partial charge in [-0.2, -0.15) is 0 Å². The number of aryl methyl sites for hydroxylation is 1. The molecule has 0 saturated carbocycles. The molecule has 0 spiro atoms. The highest BCUT2D eigenvalue weighted by Crippen LogP contribution is 2.16. The molecule has 0 aliphatic heterocycles. The summed E-state index contributed by atoms with van der Waals surface area (Å²) in [6, 6.07) is 14.0. The van der Waals surface area contributed by atoms with Crippen molar-refractivity contribution in [3.63, 3.8) is 0 Å². The molecule has 0 radical (unpaired) electrons. The predicted molar refractivity (Wildman–Crippen MR) is 98.8 cm³/mol. The Kier molecular flexibility index (Phi) is 6.41. The summed E-state index contributed by atoms with van der Waals surface area (Å²) in [5, 5.41) is 5.73. The standard InChI is InChI=1S/C18H22N2O4S/c1-14-7-9-17(10-8-14)25(22,23)12-4-11-19-15-5-3-6-16(13-15)20-18(21)24-2/h3,5-10,13,19H,4,11-12H2,1-2H3,(H,20,21). The van der Waals surface area contributed by atoms with Crippen LogP contribution in [0.25, 0.3) is 0 Å². The maximum absolute atomic E-state index is 12.3. The maximum Gasteiger partial charge on any atom is 0.411 e. The van der Waals surface area contributed by atoms with E-state index in [0.29, 0.717) is 23.5 Å². The summed E-state index contributed by atoms with van der Waals surface area (Å²) in [4.78, 5) is 11.5. The summed E-state index contributed by atoms with van der Waals surface area (Å²) in [5.41, 5.74) is 2.42. The highest BCUT2D eigenvalue weighted by Gasteiger charge is 2.13. The Balaban J connectivity index is 1.85. The van der Waals surface area contributed by atoms with Crippen LogP contribution < -0.4 is 10.6 Å². The van der Waals surface area contributed by atoms with E-state index in [1.54, 1.807) is 42.5 Å². The molecule has 7 heteroatoms. The van der Waals surface area contributed by atoms with Crippen molar-refractivity contribution < 1.29 is 17.9 Å². The van der Waals surface area contributed by atoms with Crippen molar-refractivity contribution in [2.24, 2.45) is 0 Å². The minimum Gasteiger partial charge on any atom is -0.453 e. The van der Waals surface area contributed by atoms with Gasteiger partial charge in [-0.05, 0) is 43.7 Å². The first-order valence-corrected chi connectivity index (χ1v) is 9.54. The number of sulfone groups is 1. The van der Waals surface area contributed by atoms with Gasteiger partial charge in [0.05, 0.1) is 17.8 Å². The number of benzene rings is 2. The minimum absolute atomic E-state index is 0.0726. The third kappa shape index (κ3) is 5.79. The van der Waals surface area contributed by atoms with Crippen LogP contribution in [0.2, 0.25) is 0 Å². The summed E-state index contributed by atoms with van der Waals surface area (Å²) in [6.07, 6.45) is -0.0634. The zero-order valence-corrected chi connectivity index (χ0v) is 15.1. The van der Waals surface area contributed by atoms with Crippen LogP contribution in [0.5, 0.6) is 0 Å². The van der Waals surface area contributed by atoms with Crippen LogP contribution in [0.3, 0.4) is 0 Å². The maximum atomic E-state index is 12.3. The van der Waals surface area contributed by atoms with Gasteiger partial charge in [0.25, 0.3) is 0 Å². The summed E-state index contributed by atoms with van der Waals surface area (Å²) >= 11 is 0. The van der Waals surface area contributed by atoms with Crippen molar-refractivity contribution in [2.45, 2.75) is 18.2 Å². The Hall–Kier alpha value is -2.54. The van der Waals surface area contributed by atoms with E-state index in [9.17, 15) is 13.2 Å². The summed E-state index contributed by atoms with van der Waals surface area (Å²) in [6.45, 7) is 2.43. The van der Waals surface area contributed by atoms with Gasteiger partial charge in [0, 0.05) is 17.9 Å². The van der Waals surface area contributed by atoms with Crippen molar-refractivity contribution >= 4 is 27.3 Å². The number of amides is 1. The fourth-order valence-corrected chi connectivity index (χ4v) is 3.54. The van der Waals surface area contributed by atoms with Gasteiger partial charge in [0.2, 0.25) is 0 Å². The Morgan fingerprint density at radius 3 is 2.44 bits per heavy atom. The largest absolute Gasteiger partial charge is 0.453 e. The zero-order chi connectivity index (χ0) is 18.3. The first kappa shape index (κ1) is 18.8. The van der Waals surface area contributed by atoms with Gasteiger partial charge >= 0.3 is 6.09 Å². The monoisotopic (exact) mass is 362 g/mol. The van der Waals surface area contributed by atoms with Gasteiger partial charge in [-0.25, -0.2) is 13.2 Å². The van der Waals surface area contributed by atoms with Gasteiger partial charge < -0.3 is 10.1 Å². The molecule has 0 aliphatic rings. The number of carbonyl (C=O) groups excluding carboxylic acids is 1. The van der Waals surface area contributed by atoms with E-state index < -0.39 is 15.9 Å². The molecule has 0 heterocycles. The average Bonchev–Trinajstić information content (AvgIpc) is 2.59. The van der Waals surface area contributed by atoms with Crippen LogP contribution >= 0.6 is 0 Å². The second-order valence-electron chi connectivity index (χ2n) is 5.61. The summed E-state index contributed by atoms with van der Waals surface area (Å²) < 4.78 is 29.1. The van der Waals surface area contributed by atoms with Crippen LogP contribution in [0.1, 0.15) is 12.0 Å². The Morgan fingerprint density at radius 1 is 1.08 bits per heavy atom. The molecule has 2 N–H and O–H groups in total. The molecule has 25 heavy (non-hydrogen) atoms. The lowest BCUT2D eigenvalue weighted by molar-refractivity contribution is 0.187. The summed E-state index contributed by atoms with van der Waals surface area (Å²) in [5.74, 6) is 0.0726. The van der Waals surface area contributed by atoms with Crippen LogP contribution in [-0.2, 0) is 14.6 Å². The highest BCUT2D eigenvalue weighted by atomic mass is 32.2. The zero-order valence-electron chi connectivity index (χ0n) is 14.3. The smallest absolute Gasteiger partial charge is 0.411 e. The number of hydrogen-bond acceptors (Lipinski definition) is 5. The van der Waals surface area contributed by atoms with Gasteiger partial charge in [0.15, 0.2) is 9.84 Å². The van der Waals surface area contributed by atoms with Crippen molar-refractivity contribution in [1.82, 2.24) is 0 Å². The third-order valence-corrected chi connectivity index (χ3v) is 5.41. The van der Waals surface area contributed by atoms with E-state index in [2.05, 4.69) is 15.4 Å². The molecule has 134 valence electrons. The van der Waals surface area contributed by atoms with Crippen LogP contribution in [0.15, 0.2) is 53.4 Å². The lowest BCUT2D eigenvalue weighted by Gasteiger charge is -2.09. The quantitative estimate of drug-likeness (QED) is 0.737. The fourth-order valence-electron chi connectivity index (χ4n) is 2.23. The molecule has 0 atom stereocenters. The molecule has 0 aliphatic carbocycles. The number of carbonyl (C=O) groups is 1. The Labute approximate surface area is 148 Å². The van der Waals surface area contributed by atoms with E-state index in [0.717, 1.165) is 11.3 Å². The molecule has 0 bridgehead atoms. The molecule has 2 aromatic rings. The van der Waals surface area contributed by atoms with E-state index in [1.807, 2.05) is 13.0 Å². The third-order valence-electron chi connectivity index (χ3n) is 3.59. The first-order valence-electron chi connectivity index (χ1n) is 7.89. The van der Waals surface area contributed by atoms with E-state index in [-0.39, 0.29) is 5.75 Å². The molecule has 0 fully saturated rings. The van der Waals surface area contributed by atoms with Gasteiger partial charge in [0.1, 0.15) is 0 Å². The molecule has 0 aromatic heterocycles. The Bertz CT molecular complexity index is 817. The topological polar surface area (TPSA) is 84.5 Å². The number of methoxy groups -OCH3 is 1. The molecule has 2 rings (SSSR count). The normalized spacial score (nSPS) is 11.0. The predicted octanol–water partition coefficient (Wildman–Crippen LogP) is 3.45. The second-order valence-corrected chi connectivity index (χ2v) is 7.72. The fraction of sp³-hybridized carbons (Fsp3) is 0.278. The van der Waals surface area contributed by atoms with Crippen molar-refractivity contribution in [3.05, 3.63) is 54.1 Å². The van der Waals surface area contributed by atoms with Crippen molar-refractivity contribution in [1.29, 1.82) is 0 Å². The lowest BCUT2D eigenvalue weighted by Crippen LogP contribution is -2.13. The number of hydrogen-bond donors (Lipinski definition) is 2. The van der Waals surface area contributed by atoms with E-state index in [4.69, 9.17) is 0 Å². The van der Waals surface area contributed by atoms with E-state index >= 15 is 0 Å². The minimum atomic E-state index is -3.27. The molecular weight excluding hydrogens is 340 g/mol. The SMILES string of the molecule is COC(=O)Nc1cccc(NCCCS(=O)(=O)c2ccc(C)cc2)c1. The number of nitrogens with one attached hydrogen (secondary N) is 2. The van der Waals surface area contributed by atoms with Gasteiger partial charge in [-0.1, -0.05) is 23.8 Å². The molecule has 1 amide bonds. The average molecular weight is 362 g/mol. The first-order chi connectivity index (χ1) is 11.9. The van der Waals surface area contributed by atoms with Crippen LogP contribution in [0.4, 0.5) is 16.2 Å². The highest BCUT2D eigenvalue weighted by molar-refractivity contribution is 7.91. The lowest BCUT2D eigenvalue weighted by atomic mass is 10.2. The van der Waals surface area contributed by atoms with E-state index in [1.165, 1.54) is 7.11 Å². The van der Waals surface area contributed by atoms with Crippen molar-refractivity contribution in [3.8, 4) is 0 Å². The molecular formula is C18H22N2O4S. The molecule has 0 unspecified atom stereocenters. The molecule has 2 aromatic carbocycles. The van der Waals surface area contributed by atoms with Crippen LogP contribution in [0, 0.1) is 6.92 Å². The molecule has 6 nitrogen and oxygen atoms in total. The van der Waals surface area contributed by atoms with Gasteiger partial charge in [-0.3, -0.25) is 5.32 Å². The number of rotatable bonds is 7. The number of ether oxygens (including phenoxy) is 1. The second kappa shape index (κ2) is 8.53. The summed E-state index contributed by atoms with van der Waals surface area (Å²) in [7, 11) is -1.97. The van der Waals surface area contributed by atoms with Gasteiger partial charge in [-0.15, -0.1) is 0 Å². The van der Waals surface area contributed by atoms with Crippen molar-refractivity contribution in [2.75, 3.05) is 30.0 Å². The molecule has 0 saturated heterocycles.